The number of benzene rings is 10. The van der Waals surface area contributed by atoms with Crippen LogP contribution in [0.25, 0.3) is 105 Å². The molecule has 0 atom stereocenters. The van der Waals surface area contributed by atoms with Gasteiger partial charge in [0.2, 0.25) is 5.95 Å². The summed E-state index contributed by atoms with van der Waals surface area (Å²) in [6.45, 7) is 0. The molecule has 0 N–H and O–H groups in total. The fraction of sp³-hybridized carbons (Fsp3) is 0.0172. The van der Waals surface area contributed by atoms with Gasteiger partial charge in [-0.05, 0) is 89.5 Å². The molecule has 14 rings (SSSR count). The van der Waals surface area contributed by atoms with E-state index in [1.54, 1.807) is 0 Å². The Bertz CT molecular complexity index is 3750. The Morgan fingerprint density at radius 3 is 1.45 bits per heavy atom. The zero-order valence-electron chi connectivity index (χ0n) is 33.4. The molecule has 0 saturated carbocycles. The maximum Gasteiger partial charge on any atom is 0.238 e. The Hall–Kier alpha value is -8.21. The first kappa shape index (κ1) is 33.6. The molecule has 0 aliphatic heterocycles. The predicted octanol–water partition coefficient (Wildman–Crippen LogP) is 14.1. The maximum atomic E-state index is 5.54. The first-order valence-corrected chi connectivity index (χ1v) is 21.3. The van der Waals surface area contributed by atoms with Gasteiger partial charge in [0.25, 0.3) is 0 Å². The molecule has 0 bridgehead atoms. The number of rotatable bonds is 3. The molecule has 4 heteroatoms. The molecule has 10 aromatic carbocycles. The Kier molecular flexibility index (Phi) is 6.73. The van der Waals surface area contributed by atoms with Crippen LogP contribution in [0.2, 0.25) is 0 Å². The first-order valence-electron chi connectivity index (χ1n) is 21.3. The monoisotopic (exact) mass is 786 g/mol. The van der Waals surface area contributed by atoms with E-state index in [0.717, 1.165) is 38.3 Å². The maximum absolute atomic E-state index is 5.54. The van der Waals surface area contributed by atoms with Crippen molar-refractivity contribution in [2.75, 3.05) is 0 Å². The molecule has 2 heterocycles. The van der Waals surface area contributed by atoms with E-state index in [1.165, 1.54) is 71.4 Å². The second-order valence-electron chi connectivity index (χ2n) is 16.7. The highest BCUT2D eigenvalue weighted by atomic mass is 15.2. The minimum absolute atomic E-state index is 0.584. The number of aromatic nitrogens is 4. The van der Waals surface area contributed by atoms with Gasteiger partial charge in [0.1, 0.15) is 0 Å². The fourth-order valence-electron chi connectivity index (χ4n) is 11.1. The highest BCUT2D eigenvalue weighted by Crippen LogP contribution is 2.66. The Labute approximate surface area is 357 Å². The van der Waals surface area contributed by atoms with Crippen molar-refractivity contribution in [2.24, 2.45) is 0 Å². The van der Waals surface area contributed by atoms with Crippen LogP contribution in [0.5, 0.6) is 0 Å². The summed E-state index contributed by atoms with van der Waals surface area (Å²) >= 11 is 0. The van der Waals surface area contributed by atoms with E-state index in [0.29, 0.717) is 17.6 Å². The van der Waals surface area contributed by atoms with Crippen molar-refractivity contribution >= 4 is 54.1 Å². The van der Waals surface area contributed by atoms with Crippen LogP contribution in [0.15, 0.2) is 206 Å². The standard InChI is InChI=1S/C58H34N4/c1-3-17-37-33-39(31-29-35(37)15-1)55-59-56(40-32-30-36-16-2-4-18-38(36)34-40)61-57(60-55)62-50-28-14-10-24-46(50)52-44-22-6-5-21-43(44)51-45-23-9-13-27-49(45)58(53(51)54(52)62)47-25-11-7-19-41(47)42-20-8-12-26-48(42)58/h1-34H. The summed E-state index contributed by atoms with van der Waals surface area (Å²) in [5.74, 6) is 1.84. The second-order valence-corrected chi connectivity index (χ2v) is 16.7. The van der Waals surface area contributed by atoms with Crippen molar-refractivity contribution in [1.82, 2.24) is 19.5 Å². The SMILES string of the molecule is c1ccc2c(c1)-c1ccccc1C21c2ccccc2-c2c1c1c(c3ccccc23)c2ccccc2n1-c1nc(-c2ccc3ccccc3c2)nc(-c2ccc3ccccc3c2)n1. The molecule has 2 aliphatic rings. The lowest BCUT2D eigenvalue weighted by Crippen LogP contribution is -2.26. The summed E-state index contributed by atoms with van der Waals surface area (Å²) in [4.78, 5) is 16.4. The molecular formula is C58H34N4. The highest BCUT2D eigenvalue weighted by molar-refractivity contribution is 6.27. The normalized spacial score (nSPS) is 13.3. The van der Waals surface area contributed by atoms with E-state index in [9.17, 15) is 0 Å². The summed E-state index contributed by atoms with van der Waals surface area (Å²) in [7, 11) is 0. The van der Waals surface area contributed by atoms with Crippen molar-refractivity contribution in [1.29, 1.82) is 0 Å². The van der Waals surface area contributed by atoms with Crippen LogP contribution in [-0.4, -0.2) is 19.5 Å². The molecule has 0 saturated heterocycles. The molecule has 286 valence electrons. The minimum atomic E-state index is -0.608. The predicted molar refractivity (Wildman–Crippen MR) is 254 cm³/mol. The highest BCUT2D eigenvalue weighted by Gasteiger charge is 2.53. The van der Waals surface area contributed by atoms with Crippen LogP contribution in [0.3, 0.4) is 0 Å². The Morgan fingerprint density at radius 1 is 0.371 bits per heavy atom. The van der Waals surface area contributed by atoms with Crippen molar-refractivity contribution < 1.29 is 0 Å². The van der Waals surface area contributed by atoms with Crippen LogP contribution < -0.4 is 0 Å². The lowest BCUT2D eigenvalue weighted by Gasteiger charge is -2.31. The fourth-order valence-corrected chi connectivity index (χ4v) is 11.1. The van der Waals surface area contributed by atoms with E-state index in [1.807, 2.05) is 0 Å². The third kappa shape index (κ3) is 4.37. The lowest BCUT2D eigenvalue weighted by molar-refractivity contribution is 0.795. The van der Waals surface area contributed by atoms with Crippen molar-refractivity contribution in [2.45, 2.75) is 5.41 Å². The molecule has 0 fully saturated rings. The molecule has 12 aromatic rings. The van der Waals surface area contributed by atoms with Gasteiger partial charge in [0.15, 0.2) is 11.6 Å². The van der Waals surface area contributed by atoms with E-state index in [2.05, 4.69) is 211 Å². The average Bonchev–Trinajstić information content (AvgIpc) is 3.96. The number of nitrogens with zero attached hydrogens (tertiary/aromatic N) is 4. The number of fused-ring (bicyclic) bond motifs is 19. The summed E-state index contributed by atoms with van der Waals surface area (Å²) in [6.07, 6.45) is 0. The Morgan fingerprint density at radius 2 is 0.839 bits per heavy atom. The van der Waals surface area contributed by atoms with Crippen LogP contribution in [0.1, 0.15) is 22.3 Å². The molecule has 2 aromatic heterocycles. The lowest BCUT2D eigenvalue weighted by atomic mass is 9.70. The van der Waals surface area contributed by atoms with Crippen LogP contribution in [0, 0.1) is 0 Å². The molecule has 4 nitrogen and oxygen atoms in total. The Balaban J connectivity index is 1.18. The minimum Gasteiger partial charge on any atom is -0.277 e. The average molecular weight is 787 g/mol. The summed E-state index contributed by atoms with van der Waals surface area (Å²) in [5.41, 5.74) is 13.6. The summed E-state index contributed by atoms with van der Waals surface area (Å²) in [6, 6.07) is 74.9. The van der Waals surface area contributed by atoms with Crippen molar-refractivity contribution in [3.63, 3.8) is 0 Å². The zero-order valence-corrected chi connectivity index (χ0v) is 33.4. The topological polar surface area (TPSA) is 43.6 Å². The number of hydrogen-bond acceptors (Lipinski definition) is 3. The molecule has 2 aliphatic carbocycles. The van der Waals surface area contributed by atoms with Gasteiger partial charge in [-0.2, -0.15) is 9.97 Å². The molecule has 62 heavy (non-hydrogen) atoms. The molecule has 0 radical (unpaired) electrons. The van der Waals surface area contributed by atoms with Gasteiger partial charge < -0.3 is 0 Å². The summed E-state index contributed by atoms with van der Waals surface area (Å²) < 4.78 is 2.36. The van der Waals surface area contributed by atoms with Crippen LogP contribution in [-0.2, 0) is 5.41 Å². The van der Waals surface area contributed by atoms with E-state index < -0.39 is 5.41 Å². The van der Waals surface area contributed by atoms with Gasteiger partial charge in [-0.3, -0.25) is 4.57 Å². The molecular weight excluding hydrogens is 753 g/mol. The smallest absolute Gasteiger partial charge is 0.238 e. The van der Waals surface area contributed by atoms with Crippen LogP contribution >= 0.6 is 0 Å². The molecule has 1 spiro atoms. The van der Waals surface area contributed by atoms with E-state index in [4.69, 9.17) is 15.0 Å². The van der Waals surface area contributed by atoms with Gasteiger partial charge >= 0.3 is 0 Å². The van der Waals surface area contributed by atoms with Gasteiger partial charge in [-0.1, -0.05) is 188 Å². The number of para-hydroxylation sites is 1. The van der Waals surface area contributed by atoms with Gasteiger partial charge in [-0.15, -0.1) is 0 Å². The largest absolute Gasteiger partial charge is 0.277 e. The third-order valence-electron chi connectivity index (χ3n) is 13.6. The van der Waals surface area contributed by atoms with Crippen LogP contribution in [0.4, 0.5) is 0 Å². The molecule has 0 amide bonds. The van der Waals surface area contributed by atoms with Crippen molar-refractivity contribution in [3.05, 3.63) is 229 Å². The quantitative estimate of drug-likeness (QED) is 0.179. The van der Waals surface area contributed by atoms with Gasteiger partial charge in [-0.25, -0.2) is 4.98 Å². The van der Waals surface area contributed by atoms with Gasteiger partial charge in [0.05, 0.1) is 16.4 Å². The van der Waals surface area contributed by atoms with E-state index in [-0.39, 0.29) is 0 Å². The second kappa shape index (κ2) is 12.4. The van der Waals surface area contributed by atoms with Crippen molar-refractivity contribution in [3.8, 4) is 51.0 Å². The first-order chi connectivity index (χ1) is 30.8. The summed E-state index contributed by atoms with van der Waals surface area (Å²) in [5, 5.41) is 9.43. The van der Waals surface area contributed by atoms with E-state index >= 15 is 0 Å². The third-order valence-corrected chi connectivity index (χ3v) is 13.6. The van der Waals surface area contributed by atoms with Gasteiger partial charge in [0, 0.05) is 27.5 Å². The zero-order chi connectivity index (χ0) is 40.5. The number of hydrogen-bond donors (Lipinski definition) is 0. The molecule has 0 unspecified atom stereocenters.